The minimum Gasteiger partial charge on any atom is -0.457 e. The van der Waals surface area contributed by atoms with Crippen LogP contribution in [0.3, 0.4) is 0 Å². The topological polar surface area (TPSA) is 221 Å². The maximum Gasteiger partial charge on any atom is 0.249 e. The molecule has 4 aromatic heterocycles. The van der Waals surface area contributed by atoms with Gasteiger partial charge in [-0.2, -0.15) is 0 Å². The molecule has 0 aliphatic heterocycles. The fraction of sp³-hybridized carbons (Fsp3) is 0.294. The molecular formula is C68H78N12O8. The van der Waals surface area contributed by atoms with Crippen molar-refractivity contribution in [3.8, 4) is 46.3 Å². The van der Waals surface area contributed by atoms with Gasteiger partial charge < -0.3 is 59.5 Å². The Morgan fingerprint density at radius 3 is 1.45 bits per heavy atom. The predicted molar refractivity (Wildman–Crippen MR) is 344 cm³/mol. The molecule has 4 N–H and O–H groups in total. The number of para-hydroxylation sites is 1. The number of nitrogens with one attached hydrogen (secondary N) is 4. The van der Waals surface area contributed by atoms with Crippen LogP contribution in [0.15, 0.2) is 189 Å². The minimum atomic E-state index is -0.299. The van der Waals surface area contributed by atoms with E-state index >= 15 is 0 Å². The summed E-state index contributed by atoms with van der Waals surface area (Å²) in [4.78, 5) is 56.0. The van der Waals surface area contributed by atoms with Crippen molar-refractivity contribution in [2.75, 3.05) is 88.0 Å². The molecule has 88 heavy (non-hydrogen) atoms. The van der Waals surface area contributed by atoms with Crippen molar-refractivity contribution < 1.29 is 38.0 Å². The molecule has 0 unspecified atom stereocenters. The zero-order chi connectivity index (χ0) is 62.0. The van der Waals surface area contributed by atoms with Gasteiger partial charge in [-0.1, -0.05) is 89.2 Å². The third-order valence-corrected chi connectivity index (χ3v) is 13.4. The lowest BCUT2D eigenvalue weighted by molar-refractivity contribution is -0.112. The summed E-state index contributed by atoms with van der Waals surface area (Å²) in [6, 6.07) is 45.9. The van der Waals surface area contributed by atoms with Crippen molar-refractivity contribution in [2.45, 2.75) is 53.9 Å². The Balaban J connectivity index is 0.670. The fourth-order valence-electron chi connectivity index (χ4n) is 8.57. The monoisotopic (exact) mass is 1190 g/mol. The highest BCUT2D eigenvalue weighted by molar-refractivity contribution is 5.99. The summed E-state index contributed by atoms with van der Waals surface area (Å²) >= 11 is 0. The fourth-order valence-corrected chi connectivity index (χ4v) is 8.57. The average molecular weight is 1190 g/mol. The van der Waals surface area contributed by atoms with E-state index < -0.39 is 0 Å². The molecule has 0 fully saturated rings. The Kier molecular flexibility index (Phi) is 24.0. The predicted octanol–water partition coefficient (Wildman–Crippen LogP) is 13.7. The van der Waals surface area contributed by atoms with Crippen LogP contribution < -0.4 is 40.2 Å². The van der Waals surface area contributed by atoms with Crippen LogP contribution in [-0.4, -0.2) is 118 Å². The summed E-state index contributed by atoms with van der Waals surface area (Å²) in [7, 11) is 4.01. The Morgan fingerprint density at radius 2 is 0.943 bits per heavy atom. The molecule has 20 heteroatoms. The standard InChI is InChI=1S/C68H78N12O8/c1-8-67(2,3)46-84-47-68(4,5)45-80(7)39-15-25-64(82)78-60-23-13-21-58(74-60)76-62-44-66(72-49-70-62)88-56-36-32-54(33-37-56)86-52-28-26-50(27-29-52)17-16-41-83-42-40-79(6)38-14-24-63(81)77-59-22-12-20-57(73-59)75-61-43-65(71-48-69-61)87-55-34-30-53(31-35-55)85-51-18-10-9-11-19-51/h9-15,18-37,43-44,48-49H,8,16-17,38-42,45-47H2,1-7H3,(H2,69,71,73,75,77,81)(H2,70,72,74,76,78,82). The Morgan fingerprint density at radius 1 is 0.489 bits per heavy atom. The average Bonchev–Trinajstić information content (AvgIpc) is 3.66. The third-order valence-electron chi connectivity index (χ3n) is 13.4. The lowest BCUT2D eigenvalue weighted by atomic mass is 9.91. The van der Waals surface area contributed by atoms with E-state index in [1.165, 1.54) is 30.4 Å². The van der Waals surface area contributed by atoms with Crippen molar-refractivity contribution in [1.82, 2.24) is 39.7 Å². The molecule has 0 aliphatic rings. The first-order valence-electron chi connectivity index (χ1n) is 29.2. The summed E-state index contributed by atoms with van der Waals surface area (Å²) in [6.45, 7) is 16.3. The number of aromatic nitrogens is 6. The highest BCUT2D eigenvalue weighted by atomic mass is 16.5. The van der Waals surface area contributed by atoms with Crippen LogP contribution in [0.4, 0.5) is 34.9 Å². The molecular weight excluding hydrogens is 1110 g/mol. The summed E-state index contributed by atoms with van der Waals surface area (Å²) < 4.78 is 35.9. The second-order valence-electron chi connectivity index (χ2n) is 22.5. The van der Waals surface area contributed by atoms with E-state index in [0.29, 0.717) is 115 Å². The highest BCUT2D eigenvalue weighted by Gasteiger charge is 2.23. The van der Waals surface area contributed by atoms with E-state index in [1.807, 2.05) is 86.9 Å². The number of aryl methyl sites for hydroxylation is 1. The van der Waals surface area contributed by atoms with Gasteiger partial charge in [0.05, 0.1) is 19.8 Å². The first kappa shape index (κ1) is 64.4. The molecule has 20 nitrogen and oxygen atoms in total. The molecule has 4 heterocycles. The summed E-state index contributed by atoms with van der Waals surface area (Å²) in [5.74, 6) is 6.68. The van der Waals surface area contributed by atoms with Crippen molar-refractivity contribution in [2.24, 2.45) is 10.8 Å². The SMILES string of the molecule is CCC(C)(C)COCC(C)(C)CN(C)CC=CC(=O)Nc1cccc(Nc2cc(Oc3ccc(Oc4ccc(CCCOCCN(C)CC=CC(=O)Nc5cccc(Nc6cc(Oc7ccc(Oc8ccccc8)cc7)ncn6)n5)cc4)cc3)ncn2)n1. The zero-order valence-corrected chi connectivity index (χ0v) is 51.0. The van der Waals surface area contributed by atoms with Gasteiger partial charge in [-0.25, -0.2) is 29.9 Å². The number of ether oxygens (including phenoxy) is 6. The number of rotatable bonds is 34. The maximum absolute atomic E-state index is 12.8. The number of amides is 2. The Hall–Kier alpha value is -9.60. The van der Waals surface area contributed by atoms with Crippen LogP contribution in [0, 0.1) is 10.8 Å². The van der Waals surface area contributed by atoms with Gasteiger partial charge in [-0.05, 0) is 141 Å². The lowest BCUT2D eigenvalue weighted by Crippen LogP contribution is -2.36. The first-order valence-corrected chi connectivity index (χ1v) is 29.2. The highest BCUT2D eigenvalue weighted by Crippen LogP contribution is 2.30. The van der Waals surface area contributed by atoms with Gasteiger partial charge in [0.2, 0.25) is 23.6 Å². The van der Waals surface area contributed by atoms with E-state index in [-0.39, 0.29) is 22.6 Å². The summed E-state index contributed by atoms with van der Waals surface area (Å²) in [6.07, 6.45) is 12.2. The third kappa shape index (κ3) is 23.0. The number of hydrogen-bond acceptors (Lipinski definition) is 18. The van der Waals surface area contributed by atoms with Crippen molar-refractivity contribution in [3.63, 3.8) is 0 Å². The van der Waals surface area contributed by atoms with Crippen LogP contribution >= 0.6 is 0 Å². The van der Waals surface area contributed by atoms with Gasteiger partial charge in [0, 0.05) is 62.5 Å². The molecule has 4 aromatic carbocycles. The second-order valence-corrected chi connectivity index (χ2v) is 22.5. The first-order chi connectivity index (χ1) is 42.6. The molecule has 0 bridgehead atoms. The molecule has 8 aromatic rings. The van der Waals surface area contributed by atoms with Gasteiger partial charge in [-0.15, -0.1) is 0 Å². The van der Waals surface area contributed by atoms with Crippen LogP contribution in [-0.2, 0) is 25.5 Å². The molecule has 2 amide bonds. The van der Waals surface area contributed by atoms with E-state index in [1.54, 1.807) is 78.9 Å². The van der Waals surface area contributed by atoms with Gasteiger partial charge >= 0.3 is 0 Å². The molecule has 0 aliphatic carbocycles. The van der Waals surface area contributed by atoms with E-state index in [2.05, 4.69) is 108 Å². The maximum atomic E-state index is 12.8. The van der Waals surface area contributed by atoms with Gasteiger partial charge in [0.15, 0.2) is 0 Å². The smallest absolute Gasteiger partial charge is 0.249 e. The van der Waals surface area contributed by atoms with E-state index in [4.69, 9.17) is 28.4 Å². The summed E-state index contributed by atoms with van der Waals surface area (Å²) in [5, 5.41) is 12.0. The van der Waals surface area contributed by atoms with Gasteiger partial charge in [-0.3, -0.25) is 9.59 Å². The second kappa shape index (κ2) is 32.8. The normalized spacial score (nSPS) is 11.7. The number of pyridine rings is 2. The molecule has 0 atom stereocenters. The Bertz CT molecular complexity index is 3520. The zero-order valence-electron chi connectivity index (χ0n) is 51.0. The molecule has 8 rings (SSSR count). The van der Waals surface area contributed by atoms with Crippen molar-refractivity contribution >= 4 is 46.7 Å². The number of likely N-dealkylation sites (N-methyl/N-ethyl adjacent to an activating group) is 2. The molecule has 0 saturated carbocycles. The van der Waals surface area contributed by atoms with Crippen LogP contribution in [0.25, 0.3) is 0 Å². The summed E-state index contributed by atoms with van der Waals surface area (Å²) in [5.41, 5.74) is 1.31. The van der Waals surface area contributed by atoms with Gasteiger partial charge in [0.25, 0.3) is 0 Å². The van der Waals surface area contributed by atoms with E-state index in [9.17, 15) is 9.59 Å². The van der Waals surface area contributed by atoms with E-state index in [0.717, 1.165) is 38.2 Å². The number of nitrogens with zero attached hydrogens (tertiary/aromatic N) is 8. The molecule has 458 valence electrons. The quantitative estimate of drug-likeness (QED) is 0.0217. The Labute approximate surface area is 515 Å². The molecule has 0 saturated heterocycles. The number of carbonyl (C=O) groups is 2. The van der Waals surface area contributed by atoms with Gasteiger partial charge in [0.1, 0.15) is 82.1 Å². The van der Waals surface area contributed by atoms with Crippen molar-refractivity contribution in [1.29, 1.82) is 0 Å². The minimum absolute atomic E-state index is 0.0318. The number of anilines is 6. The number of benzene rings is 4. The largest absolute Gasteiger partial charge is 0.457 e. The van der Waals surface area contributed by atoms with Crippen LogP contribution in [0.1, 0.15) is 53.0 Å². The van der Waals surface area contributed by atoms with Crippen molar-refractivity contribution in [3.05, 3.63) is 194 Å². The number of carbonyl (C=O) groups excluding carboxylic acids is 2. The van der Waals surface area contributed by atoms with Crippen LogP contribution in [0.5, 0.6) is 46.3 Å². The molecule has 0 radical (unpaired) electrons. The number of hydrogen-bond donors (Lipinski definition) is 4. The molecule has 0 spiro atoms. The lowest BCUT2D eigenvalue weighted by Gasteiger charge is -2.31. The van der Waals surface area contributed by atoms with Crippen LogP contribution in [0.2, 0.25) is 0 Å².